The van der Waals surface area contributed by atoms with Gasteiger partial charge in [-0.1, -0.05) is 26.3 Å². The first-order valence-electron chi connectivity index (χ1n) is 15.3. The maximum absolute atomic E-state index is 12.3. The van der Waals surface area contributed by atoms with Crippen molar-refractivity contribution in [2.75, 3.05) is 59.5 Å². The zero-order valence-corrected chi connectivity index (χ0v) is 28.9. The molecule has 0 saturated carbocycles. The van der Waals surface area contributed by atoms with Gasteiger partial charge < -0.3 is 63.1 Å². The third-order valence-corrected chi connectivity index (χ3v) is 5.90. The van der Waals surface area contributed by atoms with Crippen LogP contribution < -0.4 is 0 Å². The molecule has 0 bridgehead atoms. The zero-order chi connectivity index (χ0) is 38.4. The molecule has 0 aliphatic rings. The Balaban J connectivity index is 6.03. The van der Waals surface area contributed by atoms with Crippen molar-refractivity contribution in [3.05, 3.63) is 48.6 Å². The summed E-state index contributed by atoms with van der Waals surface area (Å²) in [5, 5.41) is 41.3. The van der Waals surface area contributed by atoms with Gasteiger partial charge in [-0.05, 0) is 27.7 Å². The number of carbonyl (C=O) groups excluding carboxylic acids is 5. The molecule has 17 nitrogen and oxygen atoms in total. The number of aliphatic hydroxyl groups is 4. The molecule has 4 unspecified atom stereocenters. The molecule has 17 heteroatoms. The molecular formula is C33H50O17. The Kier molecular flexibility index (Phi) is 23.3. The number of hydrogen-bond donors (Lipinski definition) is 4. The van der Waals surface area contributed by atoms with E-state index in [1.165, 1.54) is 27.7 Å². The average Bonchev–Trinajstić information content (AvgIpc) is 3.06. The van der Waals surface area contributed by atoms with Gasteiger partial charge in [0.05, 0.1) is 33.0 Å². The fraction of sp³-hybridized carbons (Fsp3) is 0.606. The second-order valence-electron chi connectivity index (χ2n) is 11.3. The van der Waals surface area contributed by atoms with Gasteiger partial charge in [0.2, 0.25) is 0 Å². The van der Waals surface area contributed by atoms with Gasteiger partial charge in [0.1, 0.15) is 69.2 Å². The molecule has 0 amide bonds. The SMILES string of the molecule is C=C(C)C(=O)OCC(O)COC[C@@H](OCC(O)COC(=O)C(=C)C)[C@H](OCC(O)COC(=O)C(=C)C)[C@H](C=O)OCC(O)COC(=O)C(=C)C. The number of carbonyl (C=O) groups is 5. The fourth-order valence-corrected chi connectivity index (χ4v) is 3.24. The van der Waals surface area contributed by atoms with E-state index in [4.69, 9.17) is 37.9 Å². The van der Waals surface area contributed by atoms with Crippen molar-refractivity contribution in [2.24, 2.45) is 0 Å². The number of aliphatic hydroxyl groups excluding tert-OH is 4. The molecule has 0 rings (SSSR count). The Morgan fingerprint density at radius 2 is 0.820 bits per heavy atom. The van der Waals surface area contributed by atoms with Crippen molar-refractivity contribution in [1.29, 1.82) is 0 Å². The Bertz CT molecular complexity index is 1160. The van der Waals surface area contributed by atoms with Crippen LogP contribution in [0.1, 0.15) is 27.7 Å². The molecule has 0 aliphatic heterocycles. The standard InChI is InChI=1S/C33H50O17/c1-19(2)30(39)47-14-23(35)10-43-18-28(45-12-25(37)16-49-32(41)21(5)6)29(46-13-26(38)17-50-33(42)22(7)8)27(9-34)44-11-24(36)15-48-31(40)20(3)4/h9,23-29,35-38H,1,3,5,7,10-18H2,2,4,6,8H3/t23?,24?,25?,26?,27-,28+,29+/m0/s1. The van der Waals surface area contributed by atoms with E-state index in [0.717, 1.165) is 0 Å². The van der Waals surface area contributed by atoms with E-state index in [-0.39, 0.29) is 28.6 Å². The van der Waals surface area contributed by atoms with Crippen LogP contribution in [0.4, 0.5) is 0 Å². The Labute approximate surface area is 291 Å². The molecule has 0 aromatic heterocycles. The summed E-state index contributed by atoms with van der Waals surface area (Å²) in [5.41, 5.74) is 0.350. The molecule has 0 spiro atoms. The number of rotatable bonds is 28. The lowest BCUT2D eigenvalue weighted by Crippen LogP contribution is -2.49. The number of hydrogen-bond acceptors (Lipinski definition) is 17. The van der Waals surface area contributed by atoms with E-state index >= 15 is 0 Å². The zero-order valence-electron chi connectivity index (χ0n) is 28.9. The van der Waals surface area contributed by atoms with E-state index in [1.807, 2.05) is 0 Å². The first-order valence-corrected chi connectivity index (χ1v) is 15.3. The van der Waals surface area contributed by atoms with Crippen molar-refractivity contribution in [1.82, 2.24) is 0 Å². The lowest BCUT2D eigenvalue weighted by molar-refractivity contribution is -0.184. The van der Waals surface area contributed by atoms with Gasteiger partial charge in [-0.3, -0.25) is 0 Å². The van der Waals surface area contributed by atoms with E-state index in [2.05, 4.69) is 26.3 Å². The highest BCUT2D eigenvalue weighted by Gasteiger charge is 2.35. The van der Waals surface area contributed by atoms with Crippen molar-refractivity contribution < 1.29 is 82.3 Å². The monoisotopic (exact) mass is 718 g/mol. The summed E-state index contributed by atoms with van der Waals surface area (Å²) >= 11 is 0. The Morgan fingerprint density at radius 1 is 0.500 bits per heavy atom. The molecule has 7 atom stereocenters. The quantitative estimate of drug-likeness (QED) is 0.0338. The average molecular weight is 719 g/mol. The third kappa shape index (κ3) is 20.6. The van der Waals surface area contributed by atoms with Gasteiger partial charge >= 0.3 is 23.9 Å². The van der Waals surface area contributed by atoms with Crippen molar-refractivity contribution in [3.8, 4) is 0 Å². The molecule has 0 fully saturated rings. The van der Waals surface area contributed by atoms with Crippen molar-refractivity contribution in [2.45, 2.75) is 70.4 Å². The van der Waals surface area contributed by atoms with Gasteiger partial charge in [0.25, 0.3) is 0 Å². The minimum Gasteiger partial charge on any atom is -0.460 e. The molecule has 50 heavy (non-hydrogen) atoms. The van der Waals surface area contributed by atoms with Crippen LogP contribution in [0.5, 0.6) is 0 Å². The summed E-state index contributed by atoms with van der Waals surface area (Å²) in [5.74, 6) is -3.06. The first kappa shape index (κ1) is 46.2. The highest BCUT2D eigenvalue weighted by molar-refractivity contribution is 5.88. The predicted octanol–water partition coefficient (Wildman–Crippen LogP) is -0.722. The largest absolute Gasteiger partial charge is 0.460 e. The van der Waals surface area contributed by atoms with Crippen LogP contribution in [-0.2, 0) is 61.9 Å². The lowest BCUT2D eigenvalue weighted by Gasteiger charge is -2.32. The molecule has 0 heterocycles. The van der Waals surface area contributed by atoms with E-state index in [9.17, 15) is 44.4 Å². The van der Waals surface area contributed by atoms with Gasteiger partial charge in [-0.25, -0.2) is 19.2 Å². The first-order chi connectivity index (χ1) is 23.4. The van der Waals surface area contributed by atoms with E-state index in [0.29, 0.717) is 0 Å². The van der Waals surface area contributed by atoms with E-state index < -0.39 is 126 Å². The minimum absolute atomic E-state index is 0.0765. The summed E-state index contributed by atoms with van der Waals surface area (Å²) in [6, 6.07) is 0. The molecule has 4 N–H and O–H groups in total. The maximum Gasteiger partial charge on any atom is 0.333 e. The second-order valence-corrected chi connectivity index (χ2v) is 11.3. The Hall–Kier alpha value is -3.81. The van der Waals surface area contributed by atoms with Crippen LogP contribution in [0.25, 0.3) is 0 Å². The van der Waals surface area contributed by atoms with Crippen LogP contribution in [0, 0.1) is 0 Å². The molecule has 0 aliphatic carbocycles. The summed E-state index contributed by atoms with van der Waals surface area (Å²) in [4.78, 5) is 59.1. The van der Waals surface area contributed by atoms with Gasteiger partial charge in [-0.15, -0.1) is 0 Å². The smallest absolute Gasteiger partial charge is 0.333 e. The highest BCUT2D eigenvalue weighted by Crippen LogP contribution is 2.15. The van der Waals surface area contributed by atoms with E-state index in [1.54, 1.807) is 0 Å². The van der Waals surface area contributed by atoms with Crippen LogP contribution in [0.2, 0.25) is 0 Å². The topological polar surface area (TPSA) is 240 Å². The lowest BCUT2D eigenvalue weighted by atomic mass is 10.1. The third-order valence-electron chi connectivity index (χ3n) is 5.90. The maximum atomic E-state index is 12.3. The molecular weight excluding hydrogens is 668 g/mol. The molecule has 0 aromatic rings. The van der Waals surface area contributed by atoms with Crippen LogP contribution in [0.15, 0.2) is 48.6 Å². The number of aldehydes is 1. The summed E-state index contributed by atoms with van der Waals surface area (Å²) in [6.45, 7) is 14.8. The van der Waals surface area contributed by atoms with Crippen molar-refractivity contribution >= 4 is 30.2 Å². The summed E-state index contributed by atoms with van der Waals surface area (Å²) in [6.07, 6.45) is -9.66. The second kappa shape index (κ2) is 25.2. The molecule has 0 aromatic carbocycles. The minimum atomic E-state index is -1.57. The highest BCUT2D eigenvalue weighted by atomic mass is 16.6. The predicted molar refractivity (Wildman–Crippen MR) is 173 cm³/mol. The molecule has 0 saturated heterocycles. The normalized spacial score (nSPS) is 15.2. The van der Waals surface area contributed by atoms with Crippen LogP contribution in [0.3, 0.4) is 0 Å². The summed E-state index contributed by atoms with van der Waals surface area (Å²) < 4.78 is 42.2. The fourth-order valence-electron chi connectivity index (χ4n) is 3.24. The van der Waals surface area contributed by atoms with Gasteiger partial charge in [0, 0.05) is 22.3 Å². The molecule has 0 radical (unpaired) electrons. The number of ether oxygens (including phenoxy) is 8. The Morgan fingerprint density at radius 3 is 1.16 bits per heavy atom. The van der Waals surface area contributed by atoms with Crippen LogP contribution in [-0.4, -0.2) is 153 Å². The van der Waals surface area contributed by atoms with Gasteiger partial charge in [0.15, 0.2) is 6.29 Å². The summed E-state index contributed by atoms with van der Waals surface area (Å²) in [7, 11) is 0. The van der Waals surface area contributed by atoms with Gasteiger partial charge in [-0.2, -0.15) is 0 Å². The molecule has 284 valence electrons. The number of esters is 4. The van der Waals surface area contributed by atoms with Crippen molar-refractivity contribution in [3.63, 3.8) is 0 Å². The van der Waals surface area contributed by atoms with Crippen LogP contribution >= 0.6 is 0 Å².